The van der Waals surface area contributed by atoms with Gasteiger partial charge in [-0.1, -0.05) is 0 Å². The van der Waals surface area contributed by atoms with E-state index in [0.29, 0.717) is 13.0 Å². The lowest BCUT2D eigenvalue weighted by Gasteiger charge is -2.07. The third kappa shape index (κ3) is 4.12. The van der Waals surface area contributed by atoms with E-state index in [-0.39, 0.29) is 11.9 Å². The first-order valence-electron chi connectivity index (χ1n) is 5.08. The summed E-state index contributed by atoms with van der Waals surface area (Å²) in [6.45, 7) is 2.45. The average Bonchev–Trinajstić information content (AvgIpc) is 2.50. The maximum atomic E-state index is 11.3. The molecule has 0 fully saturated rings. The summed E-state index contributed by atoms with van der Waals surface area (Å²) < 4.78 is 1.80. The van der Waals surface area contributed by atoms with E-state index in [9.17, 15) is 4.79 Å². The second kappa shape index (κ2) is 5.50. The summed E-state index contributed by atoms with van der Waals surface area (Å²) in [4.78, 5) is 11.3. The predicted molar refractivity (Wildman–Crippen MR) is 58.2 cm³/mol. The van der Waals surface area contributed by atoms with E-state index in [4.69, 9.17) is 5.73 Å². The number of nitrogens with one attached hydrogen (secondary N) is 1. The molecule has 84 valence electrons. The van der Waals surface area contributed by atoms with Gasteiger partial charge in [0.25, 0.3) is 0 Å². The Kier molecular flexibility index (Phi) is 4.30. The number of carbonyl (C=O) groups excluding carboxylic acids is 1. The van der Waals surface area contributed by atoms with Gasteiger partial charge in [-0.15, -0.1) is 0 Å². The summed E-state index contributed by atoms with van der Waals surface area (Å²) in [7, 11) is 1.89. The van der Waals surface area contributed by atoms with Crippen LogP contribution < -0.4 is 11.1 Å². The molecule has 0 bridgehead atoms. The number of amides is 1. The maximum absolute atomic E-state index is 11.3. The van der Waals surface area contributed by atoms with Crippen molar-refractivity contribution < 1.29 is 4.79 Å². The van der Waals surface area contributed by atoms with Crippen LogP contribution >= 0.6 is 0 Å². The second-order valence-corrected chi connectivity index (χ2v) is 3.73. The van der Waals surface area contributed by atoms with Crippen molar-refractivity contribution >= 4 is 5.91 Å². The van der Waals surface area contributed by atoms with Crippen molar-refractivity contribution in [3.8, 4) is 0 Å². The van der Waals surface area contributed by atoms with Crippen LogP contribution in [0.15, 0.2) is 12.3 Å². The largest absolute Gasteiger partial charge is 0.356 e. The van der Waals surface area contributed by atoms with Gasteiger partial charge in [-0.25, -0.2) is 0 Å². The molecule has 0 radical (unpaired) electrons. The van der Waals surface area contributed by atoms with E-state index in [1.807, 2.05) is 20.0 Å². The molecule has 0 aliphatic rings. The molecule has 1 atom stereocenters. The molecule has 1 unspecified atom stereocenters. The molecule has 0 aliphatic carbocycles. The summed E-state index contributed by atoms with van der Waals surface area (Å²) in [6, 6.07) is 1.86. The fourth-order valence-corrected chi connectivity index (χ4v) is 1.34. The highest BCUT2D eigenvalue weighted by Crippen LogP contribution is 1.96. The SMILES string of the molecule is CC(N)CC(=O)NCCc1ccnn1C. The van der Waals surface area contributed by atoms with Gasteiger partial charge in [-0.05, 0) is 13.0 Å². The molecule has 5 nitrogen and oxygen atoms in total. The zero-order chi connectivity index (χ0) is 11.3. The number of aromatic nitrogens is 2. The normalized spacial score (nSPS) is 12.5. The van der Waals surface area contributed by atoms with Crippen LogP contribution in [0.1, 0.15) is 19.0 Å². The summed E-state index contributed by atoms with van der Waals surface area (Å²) >= 11 is 0. The van der Waals surface area contributed by atoms with Crippen molar-refractivity contribution in [2.45, 2.75) is 25.8 Å². The lowest BCUT2D eigenvalue weighted by Crippen LogP contribution is -2.31. The third-order valence-electron chi connectivity index (χ3n) is 2.13. The Morgan fingerprint density at radius 2 is 2.47 bits per heavy atom. The monoisotopic (exact) mass is 210 g/mol. The van der Waals surface area contributed by atoms with Crippen LogP contribution in [-0.2, 0) is 18.3 Å². The van der Waals surface area contributed by atoms with Gasteiger partial charge in [0.05, 0.1) is 0 Å². The van der Waals surface area contributed by atoms with Crippen molar-refractivity contribution in [3.63, 3.8) is 0 Å². The second-order valence-electron chi connectivity index (χ2n) is 3.73. The Morgan fingerprint density at radius 1 is 1.73 bits per heavy atom. The molecular weight excluding hydrogens is 192 g/mol. The quantitative estimate of drug-likeness (QED) is 0.708. The molecule has 0 aliphatic heterocycles. The molecule has 0 aromatic carbocycles. The lowest BCUT2D eigenvalue weighted by atomic mass is 10.2. The Hall–Kier alpha value is -1.36. The fourth-order valence-electron chi connectivity index (χ4n) is 1.34. The van der Waals surface area contributed by atoms with Crippen molar-refractivity contribution in [2.75, 3.05) is 6.54 Å². The number of nitrogens with zero attached hydrogens (tertiary/aromatic N) is 2. The number of hydrogen-bond acceptors (Lipinski definition) is 3. The van der Waals surface area contributed by atoms with E-state index in [2.05, 4.69) is 10.4 Å². The van der Waals surface area contributed by atoms with E-state index in [0.717, 1.165) is 12.1 Å². The predicted octanol–water partition coefficient (Wildman–Crippen LogP) is -0.184. The molecule has 0 spiro atoms. The molecule has 15 heavy (non-hydrogen) atoms. The van der Waals surface area contributed by atoms with Crippen LogP contribution in [0.2, 0.25) is 0 Å². The van der Waals surface area contributed by atoms with Crippen LogP contribution in [0.5, 0.6) is 0 Å². The van der Waals surface area contributed by atoms with Crippen LogP contribution in [0, 0.1) is 0 Å². The number of rotatable bonds is 5. The highest BCUT2D eigenvalue weighted by molar-refractivity contribution is 5.76. The van der Waals surface area contributed by atoms with Crippen molar-refractivity contribution in [3.05, 3.63) is 18.0 Å². The highest BCUT2D eigenvalue weighted by atomic mass is 16.1. The zero-order valence-electron chi connectivity index (χ0n) is 9.23. The van der Waals surface area contributed by atoms with E-state index >= 15 is 0 Å². The molecular formula is C10H18N4O. The van der Waals surface area contributed by atoms with Crippen LogP contribution in [0.4, 0.5) is 0 Å². The van der Waals surface area contributed by atoms with Crippen LogP contribution in [-0.4, -0.2) is 28.3 Å². The van der Waals surface area contributed by atoms with Gasteiger partial charge < -0.3 is 11.1 Å². The van der Waals surface area contributed by atoms with Crippen molar-refractivity contribution in [1.82, 2.24) is 15.1 Å². The highest BCUT2D eigenvalue weighted by Gasteiger charge is 2.04. The maximum Gasteiger partial charge on any atom is 0.221 e. The van der Waals surface area contributed by atoms with Gasteiger partial charge in [-0.3, -0.25) is 9.48 Å². The average molecular weight is 210 g/mol. The Balaban J connectivity index is 2.22. The van der Waals surface area contributed by atoms with Gasteiger partial charge in [-0.2, -0.15) is 5.10 Å². The molecule has 1 heterocycles. The number of hydrogen-bond donors (Lipinski definition) is 2. The summed E-state index contributed by atoms with van der Waals surface area (Å²) in [5.74, 6) is 0.00664. The molecule has 0 saturated carbocycles. The summed E-state index contributed by atoms with van der Waals surface area (Å²) in [5.41, 5.74) is 6.62. The molecule has 0 saturated heterocycles. The van der Waals surface area contributed by atoms with E-state index < -0.39 is 0 Å². The number of nitrogens with two attached hydrogens (primary N) is 1. The van der Waals surface area contributed by atoms with Gasteiger partial charge in [0.2, 0.25) is 5.91 Å². The van der Waals surface area contributed by atoms with E-state index in [1.165, 1.54) is 0 Å². The number of aryl methyl sites for hydroxylation is 1. The van der Waals surface area contributed by atoms with Gasteiger partial charge in [0.15, 0.2) is 0 Å². The first kappa shape index (κ1) is 11.7. The fraction of sp³-hybridized carbons (Fsp3) is 0.600. The smallest absolute Gasteiger partial charge is 0.221 e. The molecule has 1 amide bonds. The molecule has 5 heteroatoms. The Morgan fingerprint density at radius 3 is 3.00 bits per heavy atom. The van der Waals surface area contributed by atoms with Crippen LogP contribution in [0.25, 0.3) is 0 Å². The summed E-state index contributed by atoms with van der Waals surface area (Å²) in [6.07, 6.45) is 2.92. The lowest BCUT2D eigenvalue weighted by molar-refractivity contribution is -0.121. The topological polar surface area (TPSA) is 72.9 Å². The van der Waals surface area contributed by atoms with Gasteiger partial charge in [0.1, 0.15) is 0 Å². The molecule has 1 aromatic rings. The zero-order valence-corrected chi connectivity index (χ0v) is 9.23. The molecule has 3 N–H and O–H groups in total. The summed E-state index contributed by atoms with van der Waals surface area (Å²) in [5, 5.41) is 6.87. The molecule has 1 rings (SSSR count). The third-order valence-corrected chi connectivity index (χ3v) is 2.13. The minimum Gasteiger partial charge on any atom is -0.356 e. The molecule has 1 aromatic heterocycles. The minimum absolute atomic E-state index is 0.00664. The Labute approximate surface area is 89.6 Å². The van der Waals surface area contributed by atoms with Gasteiger partial charge in [0, 0.05) is 44.4 Å². The van der Waals surface area contributed by atoms with E-state index in [1.54, 1.807) is 10.9 Å². The van der Waals surface area contributed by atoms with Crippen LogP contribution in [0.3, 0.4) is 0 Å². The first-order valence-corrected chi connectivity index (χ1v) is 5.08. The first-order chi connectivity index (χ1) is 7.09. The van der Waals surface area contributed by atoms with Crippen molar-refractivity contribution in [2.24, 2.45) is 12.8 Å². The standard InChI is InChI=1S/C10H18N4O/c1-8(11)7-10(15)12-5-3-9-4-6-13-14(9)2/h4,6,8H,3,5,7,11H2,1-2H3,(H,12,15). The van der Waals surface area contributed by atoms with Crippen molar-refractivity contribution in [1.29, 1.82) is 0 Å². The Bertz CT molecular complexity index is 319. The van der Waals surface area contributed by atoms with Gasteiger partial charge >= 0.3 is 0 Å². The minimum atomic E-state index is -0.0818. The number of carbonyl (C=O) groups is 1.